The number of aromatic nitrogens is 1. The van der Waals surface area contributed by atoms with Gasteiger partial charge in [0.15, 0.2) is 0 Å². The Kier molecular flexibility index (Phi) is 8.31. The van der Waals surface area contributed by atoms with E-state index in [-0.39, 0.29) is 15.6 Å². The summed E-state index contributed by atoms with van der Waals surface area (Å²) < 4.78 is 68.4. The van der Waals surface area contributed by atoms with Gasteiger partial charge in [0.1, 0.15) is 10.9 Å². The number of aromatic amines is 1. The Morgan fingerprint density at radius 2 is 2.03 bits per heavy atom. The first-order valence-corrected chi connectivity index (χ1v) is 11.3. The summed E-state index contributed by atoms with van der Waals surface area (Å²) in [6.45, 7) is 1.61. The van der Waals surface area contributed by atoms with Crippen LogP contribution in [-0.2, 0) is 16.4 Å². The fourth-order valence-corrected chi connectivity index (χ4v) is 5.20. The summed E-state index contributed by atoms with van der Waals surface area (Å²) >= 11 is 17.6. The van der Waals surface area contributed by atoms with Crippen LogP contribution >= 0.6 is 34.8 Å². The predicted octanol–water partition coefficient (Wildman–Crippen LogP) is 5.32. The Morgan fingerprint density at radius 3 is 2.59 bits per heavy atom. The SMILES string of the molecule is Cc1[nH]cc(CC(NS(=O)(=O)c2c(N)cc(Cl)cc2Cl)C(F)(F)F)c1/C=C(Cl)\C=C\C#N. The van der Waals surface area contributed by atoms with Gasteiger partial charge in [-0.05, 0) is 48.8 Å². The molecule has 1 unspecified atom stereocenters. The van der Waals surface area contributed by atoms with Crippen molar-refractivity contribution in [3.05, 3.63) is 62.4 Å². The van der Waals surface area contributed by atoms with Crippen LogP contribution in [0.1, 0.15) is 16.8 Å². The van der Waals surface area contributed by atoms with Gasteiger partial charge in [-0.3, -0.25) is 0 Å². The minimum absolute atomic E-state index is 0.0281. The highest BCUT2D eigenvalue weighted by atomic mass is 35.5. The van der Waals surface area contributed by atoms with E-state index in [1.165, 1.54) is 18.3 Å². The first-order chi connectivity index (χ1) is 14.8. The van der Waals surface area contributed by atoms with Crippen molar-refractivity contribution in [1.82, 2.24) is 9.71 Å². The fourth-order valence-electron chi connectivity index (χ4n) is 2.82. The van der Waals surface area contributed by atoms with E-state index in [1.807, 2.05) is 0 Å². The summed E-state index contributed by atoms with van der Waals surface area (Å²) in [6, 6.07) is 1.37. The molecule has 0 amide bonds. The van der Waals surface area contributed by atoms with Gasteiger partial charge in [-0.1, -0.05) is 34.8 Å². The number of nitriles is 1. The lowest BCUT2D eigenvalue weighted by atomic mass is 10.0. The van der Waals surface area contributed by atoms with Crippen LogP contribution in [0.2, 0.25) is 10.0 Å². The number of nitrogens with one attached hydrogen (secondary N) is 2. The molecule has 2 aromatic rings. The molecular formula is C19H16Cl3F3N4O2S. The van der Waals surface area contributed by atoms with E-state index in [9.17, 15) is 21.6 Å². The third kappa shape index (κ3) is 6.43. The topological polar surface area (TPSA) is 112 Å². The van der Waals surface area contributed by atoms with Crippen LogP contribution < -0.4 is 10.5 Å². The first-order valence-electron chi connectivity index (χ1n) is 8.70. The van der Waals surface area contributed by atoms with Gasteiger partial charge < -0.3 is 10.7 Å². The zero-order valence-electron chi connectivity index (χ0n) is 16.3. The maximum absolute atomic E-state index is 13.8. The smallest absolute Gasteiger partial charge is 0.398 e. The van der Waals surface area contributed by atoms with E-state index in [2.05, 4.69) is 4.98 Å². The molecule has 0 saturated carbocycles. The largest absolute Gasteiger partial charge is 0.405 e. The van der Waals surface area contributed by atoms with Crippen LogP contribution in [0, 0.1) is 18.3 Å². The highest BCUT2D eigenvalue weighted by Gasteiger charge is 2.43. The summed E-state index contributed by atoms with van der Waals surface area (Å²) in [5.41, 5.74) is 6.22. The molecule has 0 fully saturated rings. The quantitative estimate of drug-likeness (QED) is 0.257. The molecule has 0 spiro atoms. The monoisotopic (exact) mass is 526 g/mol. The molecular weight excluding hydrogens is 512 g/mol. The normalized spacial score (nSPS) is 14.0. The van der Waals surface area contributed by atoms with Gasteiger partial charge in [0.25, 0.3) is 0 Å². The molecule has 1 aromatic heterocycles. The second-order valence-corrected chi connectivity index (χ2v) is 9.50. The lowest BCUT2D eigenvalue weighted by Gasteiger charge is -2.22. The molecule has 2 rings (SSSR count). The molecule has 1 heterocycles. The minimum Gasteiger partial charge on any atom is -0.398 e. The number of halogens is 6. The van der Waals surface area contributed by atoms with E-state index < -0.39 is 44.3 Å². The lowest BCUT2D eigenvalue weighted by Crippen LogP contribution is -2.47. The Balaban J connectivity index is 2.45. The van der Waals surface area contributed by atoms with Gasteiger partial charge in [0, 0.05) is 28.0 Å². The Bertz CT molecular complexity index is 1190. The maximum atomic E-state index is 13.8. The number of alkyl halides is 3. The number of sulfonamides is 1. The van der Waals surface area contributed by atoms with Crippen molar-refractivity contribution in [2.45, 2.75) is 30.5 Å². The van der Waals surface area contributed by atoms with Gasteiger partial charge >= 0.3 is 6.18 Å². The third-order valence-corrected chi connectivity index (χ3v) is 6.69. The number of hydrogen-bond donors (Lipinski definition) is 3. The standard InChI is InChI=1S/C19H16Cl3F3N4O2S/c1-10-14(6-12(20)3-2-4-26)11(9-28-10)5-17(19(23,24)25)29-32(30,31)18-15(22)7-13(21)8-16(18)27/h2-3,6-9,17,28-29H,5,27H2,1H3/b3-2+,12-6+. The van der Waals surface area contributed by atoms with Crippen molar-refractivity contribution in [3.63, 3.8) is 0 Å². The van der Waals surface area contributed by atoms with Crippen molar-refractivity contribution in [2.75, 3.05) is 5.73 Å². The minimum atomic E-state index is -4.95. The molecule has 1 atom stereocenters. The molecule has 0 saturated heterocycles. The van der Waals surface area contributed by atoms with Gasteiger partial charge in [0.2, 0.25) is 10.0 Å². The zero-order valence-corrected chi connectivity index (χ0v) is 19.3. The number of hydrogen-bond acceptors (Lipinski definition) is 4. The number of anilines is 1. The van der Waals surface area contributed by atoms with Crippen LogP contribution in [-0.4, -0.2) is 25.6 Å². The number of rotatable bonds is 7. The van der Waals surface area contributed by atoms with Gasteiger partial charge in [-0.15, -0.1) is 0 Å². The van der Waals surface area contributed by atoms with E-state index in [4.69, 9.17) is 45.8 Å². The van der Waals surface area contributed by atoms with Crippen molar-refractivity contribution in [3.8, 4) is 6.07 Å². The third-order valence-electron chi connectivity index (χ3n) is 4.23. The summed E-state index contributed by atoms with van der Waals surface area (Å²) in [6.07, 6.45) is -0.642. The Hall–Kier alpha value is -2.16. The molecule has 0 radical (unpaired) electrons. The Labute approximate surface area is 197 Å². The summed E-state index contributed by atoms with van der Waals surface area (Å²) in [5, 5.41) is 8.28. The number of allylic oxidation sites excluding steroid dienone is 3. The van der Waals surface area contributed by atoms with Gasteiger partial charge in [-0.25, -0.2) is 8.42 Å². The number of aryl methyl sites for hydroxylation is 1. The molecule has 6 nitrogen and oxygen atoms in total. The second kappa shape index (κ2) is 10.2. The zero-order chi connectivity index (χ0) is 24.3. The first kappa shape index (κ1) is 26.1. The molecule has 172 valence electrons. The molecule has 0 aliphatic heterocycles. The van der Waals surface area contributed by atoms with Crippen molar-refractivity contribution >= 4 is 56.6 Å². The van der Waals surface area contributed by atoms with E-state index >= 15 is 0 Å². The number of H-pyrrole nitrogens is 1. The number of nitrogens with two attached hydrogens (primary N) is 1. The van der Waals surface area contributed by atoms with Crippen LogP contribution in [0.3, 0.4) is 0 Å². The summed E-state index contributed by atoms with van der Waals surface area (Å²) in [7, 11) is -4.77. The number of nitrogen functional groups attached to an aromatic ring is 1. The van der Waals surface area contributed by atoms with Crippen molar-refractivity contribution in [2.24, 2.45) is 0 Å². The molecule has 13 heteroatoms. The average molecular weight is 528 g/mol. The molecule has 0 aliphatic rings. The Morgan fingerprint density at radius 1 is 1.38 bits per heavy atom. The number of nitrogens with zero attached hydrogens (tertiary/aromatic N) is 1. The van der Waals surface area contributed by atoms with Crippen molar-refractivity contribution < 1.29 is 21.6 Å². The van der Waals surface area contributed by atoms with Gasteiger partial charge in [0.05, 0.1) is 16.8 Å². The predicted molar refractivity (Wildman–Crippen MR) is 119 cm³/mol. The highest BCUT2D eigenvalue weighted by molar-refractivity contribution is 7.89. The van der Waals surface area contributed by atoms with Crippen LogP contribution in [0.4, 0.5) is 18.9 Å². The van der Waals surface area contributed by atoms with E-state index in [0.29, 0.717) is 11.3 Å². The average Bonchev–Trinajstić information content (AvgIpc) is 2.97. The van der Waals surface area contributed by atoms with Crippen LogP contribution in [0.15, 0.2) is 40.4 Å². The molecule has 4 N–H and O–H groups in total. The van der Waals surface area contributed by atoms with Gasteiger partial charge in [-0.2, -0.15) is 23.2 Å². The summed E-state index contributed by atoms with van der Waals surface area (Å²) in [4.78, 5) is 2.08. The molecule has 0 bridgehead atoms. The second-order valence-electron chi connectivity index (χ2n) is 6.57. The fraction of sp³-hybridized carbons (Fsp3) is 0.211. The number of benzene rings is 1. The van der Waals surface area contributed by atoms with Crippen molar-refractivity contribution in [1.29, 1.82) is 5.26 Å². The van der Waals surface area contributed by atoms with Crippen LogP contribution in [0.25, 0.3) is 6.08 Å². The van der Waals surface area contributed by atoms with E-state index in [0.717, 1.165) is 18.2 Å². The summed E-state index contributed by atoms with van der Waals surface area (Å²) in [5.74, 6) is 0. The van der Waals surface area contributed by atoms with Crippen LogP contribution in [0.5, 0.6) is 0 Å². The molecule has 0 aliphatic carbocycles. The van der Waals surface area contributed by atoms with E-state index in [1.54, 1.807) is 17.7 Å². The lowest BCUT2D eigenvalue weighted by molar-refractivity contribution is -0.150. The highest BCUT2D eigenvalue weighted by Crippen LogP contribution is 2.33. The molecule has 1 aromatic carbocycles. The maximum Gasteiger partial charge on any atom is 0.405 e. The molecule has 32 heavy (non-hydrogen) atoms.